The van der Waals surface area contributed by atoms with Crippen molar-refractivity contribution in [3.63, 3.8) is 0 Å². The van der Waals surface area contributed by atoms with Gasteiger partial charge in [-0.25, -0.2) is 18.6 Å². The molecule has 8 nitrogen and oxygen atoms in total. The number of carbonyl (C=O) groups excluding carboxylic acids is 2. The third kappa shape index (κ3) is 7.60. The number of hydrogen-bond donors (Lipinski definition) is 3. The van der Waals surface area contributed by atoms with Crippen molar-refractivity contribution in [3.8, 4) is 11.5 Å². The number of amides is 3. The quantitative estimate of drug-likeness (QED) is 0.348. The standard InChI is InChI=1S/C28H28F5N5O3/c29-18-6-9-38(10-7-18)21-12-17(28(31,32)33)11-20(13-21)36-27(40)35-19-3-4-24(23(30)14-19)41-22-5-8-34-25(15-22)37-26(39)16-1-2-16/h3-5,8,11,13-16,18,21H,1-2,6-7,9-10,12H2,(H,34,37,39)(H2,35,36,40). The van der Waals surface area contributed by atoms with Crippen molar-refractivity contribution < 1.29 is 36.3 Å². The van der Waals surface area contributed by atoms with Gasteiger partial charge in [-0.1, -0.05) is 0 Å². The smallest absolute Gasteiger partial charge is 0.412 e. The highest BCUT2D eigenvalue weighted by Crippen LogP contribution is 2.35. The number of likely N-dealkylation sites (tertiary alicyclic amines) is 1. The van der Waals surface area contributed by atoms with Crippen LogP contribution in [0.15, 0.2) is 60.0 Å². The molecule has 2 heterocycles. The second-order valence-corrected chi connectivity index (χ2v) is 10.2. The van der Waals surface area contributed by atoms with E-state index >= 15 is 0 Å². The number of ether oxygens (including phenoxy) is 1. The number of aromatic nitrogens is 1. The van der Waals surface area contributed by atoms with Crippen molar-refractivity contribution in [1.82, 2.24) is 15.2 Å². The van der Waals surface area contributed by atoms with E-state index in [9.17, 15) is 31.5 Å². The maximum absolute atomic E-state index is 14.8. The largest absolute Gasteiger partial charge is 0.454 e. The third-order valence-electron chi connectivity index (χ3n) is 7.03. The van der Waals surface area contributed by atoms with E-state index in [-0.39, 0.29) is 59.8 Å². The van der Waals surface area contributed by atoms with Crippen molar-refractivity contribution in [1.29, 1.82) is 0 Å². The first-order valence-electron chi connectivity index (χ1n) is 13.2. The molecule has 2 fully saturated rings. The molecule has 1 aromatic heterocycles. The predicted molar refractivity (Wildman–Crippen MR) is 141 cm³/mol. The summed E-state index contributed by atoms with van der Waals surface area (Å²) in [7, 11) is 0. The minimum absolute atomic E-state index is 0.0187. The highest BCUT2D eigenvalue weighted by molar-refractivity contribution is 5.93. The van der Waals surface area contributed by atoms with Crippen LogP contribution in [0.5, 0.6) is 11.5 Å². The van der Waals surface area contributed by atoms with Gasteiger partial charge in [0.25, 0.3) is 0 Å². The number of urea groups is 1. The maximum Gasteiger partial charge on any atom is 0.412 e. The number of benzene rings is 1. The van der Waals surface area contributed by atoms with E-state index in [4.69, 9.17) is 4.74 Å². The van der Waals surface area contributed by atoms with Crippen LogP contribution in [-0.4, -0.2) is 53.3 Å². The highest BCUT2D eigenvalue weighted by atomic mass is 19.4. The molecule has 1 atom stereocenters. The number of piperidine rings is 1. The van der Waals surface area contributed by atoms with Gasteiger partial charge >= 0.3 is 12.2 Å². The number of alkyl halides is 4. The van der Waals surface area contributed by atoms with Gasteiger partial charge in [-0.05, 0) is 62.5 Å². The van der Waals surface area contributed by atoms with Crippen LogP contribution in [0.1, 0.15) is 32.1 Å². The average molecular weight is 578 g/mol. The van der Waals surface area contributed by atoms with E-state index in [0.29, 0.717) is 13.1 Å². The number of nitrogens with zero attached hydrogens (tertiary/aromatic N) is 2. The molecule has 2 aliphatic carbocycles. The molecular weight excluding hydrogens is 549 g/mol. The second-order valence-electron chi connectivity index (χ2n) is 10.2. The Morgan fingerprint density at radius 3 is 2.44 bits per heavy atom. The zero-order valence-corrected chi connectivity index (χ0v) is 21.8. The topological polar surface area (TPSA) is 95.6 Å². The number of anilines is 2. The lowest BCUT2D eigenvalue weighted by molar-refractivity contribution is -0.117. The molecule has 1 saturated carbocycles. The number of allylic oxidation sites excluding steroid dienone is 1. The van der Waals surface area contributed by atoms with Crippen LogP contribution in [0.4, 0.5) is 38.3 Å². The minimum atomic E-state index is -4.59. The average Bonchev–Trinajstić information content (AvgIpc) is 3.76. The number of halogens is 5. The zero-order valence-electron chi connectivity index (χ0n) is 21.8. The molecular formula is C28H28F5N5O3. The van der Waals surface area contributed by atoms with Crippen LogP contribution >= 0.6 is 0 Å². The fourth-order valence-electron chi connectivity index (χ4n) is 4.69. The monoisotopic (exact) mass is 577 g/mol. The molecule has 0 spiro atoms. The molecule has 1 saturated heterocycles. The number of rotatable bonds is 7. The SMILES string of the molecule is O=C(NC1=CC(N2CCC(F)CC2)CC(C(F)(F)F)=C1)Nc1ccc(Oc2ccnc(NC(=O)C3CC3)c2)c(F)c1. The van der Waals surface area contributed by atoms with Gasteiger partial charge in [0, 0.05) is 60.3 Å². The van der Waals surface area contributed by atoms with Crippen molar-refractivity contribution in [2.24, 2.45) is 5.92 Å². The summed E-state index contributed by atoms with van der Waals surface area (Å²) in [4.78, 5) is 30.4. The Hall–Kier alpha value is -4.00. The van der Waals surface area contributed by atoms with Crippen LogP contribution in [0.3, 0.4) is 0 Å². The Bertz CT molecular complexity index is 1370. The Morgan fingerprint density at radius 1 is 1.00 bits per heavy atom. The first-order chi connectivity index (χ1) is 19.5. The summed E-state index contributed by atoms with van der Waals surface area (Å²) in [6.07, 6.45) is 0.0583. The lowest BCUT2D eigenvalue weighted by Gasteiger charge is -2.36. The third-order valence-corrected chi connectivity index (χ3v) is 7.03. The van der Waals surface area contributed by atoms with E-state index in [1.165, 1.54) is 36.5 Å². The molecule has 5 rings (SSSR count). The van der Waals surface area contributed by atoms with E-state index in [2.05, 4.69) is 20.9 Å². The lowest BCUT2D eigenvalue weighted by Crippen LogP contribution is -2.43. The van der Waals surface area contributed by atoms with Crippen molar-refractivity contribution >= 4 is 23.4 Å². The molecule has 1 aliphatic heterocycles. The van der Waals surface area contributed by atoms with Crippen LogP contribution in [0.2, 0.25) is 0 Å². The Balaban J connectivity index is 1.22. The molecule has 0 bridgehead atoms. The Labute approximate surface area is 232 Å². The van der Waals surface area contributed by atoms with Crippen molar-refractivity contribution in [2.75, 3.05) is 23.7 Å². The number of nitrogens with one attached hydrogen (secondary N) is 3. The summed E-state index contributed by atoms with van der Waals surface area (Å²) in [5.41, 5.74) is -0.824. The summed E-state index contributed by atoms with van der Waals surface area (Å²) in [6.45, 7) is 0.632. The summed E-state index contributed by atoms with van der Waals surface area (Å²) in [5, 5.41) is 7.47. The van der Waals surface area contributed by atoms with Crippen LogP contribution in [0, 0.1) is 11.7 Å². The van der Waals surface area contributed by atoms with Gasteiger partial charge in [0.15, 0.2) is 11.6 Å². The fraction of sp³-hybridized carbons (Fsp3) is 0.393. The summed E-state index contributed by atoms with van der Waals surface area (Å²) >= 11 is 0. The first-order valence-corrected chi connectivity index (χ1v) is 13.2. The zero-order chi connectivity index (χ0) is 29.1. The van der Waals surface area contributed by atoms with Gasteiger partial charge in [-0.3, -0.25) is 9.69 Å². The van der Waals surface area contributed by atoms with E-state index in [1.807, 2.05) is 0 Å². The normalized spacial score (nSPS) is 20.1. The molecule has 41 heavy (non-hydrogen) atoms. The summed E-state index contributed by atoms with van der Waals surface area (Å²) in [5.74, 6) is -0.630. The van der Waals surface area contributed by atoms with Gasteiger partial charge in [-0.2, -0.15) is 13.2 Å². The number of carbonyl (C=O) groups is 2. The molecule has 2 aromatic rings. The van der Waals surface area contributed by atoms with Crippen LogP contribution in [0.25, 0.3) is 0 Å². The molecule has 0 radical (unpaired) electrons. The predicted octanol–water partition coefficient (Wildman–Crippen LogP) is 6.06. The molecule has 3 aliphatic rings. The van der Waals surface area contributed by atoms with Gasteiger partial charge < -0.3 is 20.7 Å². The number of hydrogen-bond acceptors (Lipinski definition) is 5. The maximum atomic E-state index is 14.8. The van der Waals surface area contributed by atoms with E-state index in [1.54, 1.807) is 4.90 Å². The van der Waals surface area contributed by atoms with Gasteiger partial charge in [0.05, 0.1) is 0 Å². The summed E-state index contributed by atoms with van der Waals surface area (Å²) in [6, 6.07) is 5.07. The molecule has 1 aromatic carbocycles. The summed E-state index contributed by atoms with van der Waals surface area (Å²) < 4.78 is 74.6. The van der Waals surface area contributed by atoms with Crippen LogP contribution < -0.4 is 20.7 Å². The van der Waals surface area contributed by atoms with E-state index < -0.39 is 35.8 Å². The fourth-order valence-corrected chi connectivity index (χ4v) is 4.69. The molecule has 3 amide bonds. The molecule has 13 heteroatoms. The Kier molecular flexibility index (Phi) is 8.25. The van der Waals surface area contributed by atoms with Crippen molar-refractivity contribution in [3.05, 3.63) is 65.8 Å². The molecule has 218 valence electrons. The van der Waals surface area contributed by atoms with Gasteiger partial charge in [-0.15, -0.1) is 0 Å². The highest BCUT2D eigenvalue weighted by Gasteiger charge is 2.38. The molecule has 1 unspecified atom stereocenters. The second kappa shape index (κ2) is 11.9. The van der Waals surface area contributed by atoms with Crippen molar-refractivity contribution in [2.45, 2.75) is 50.5 Å². The minimum Gasteiger partial charge on any atom is -0.454 e. The van der Waals surface area contributed by atoms with E-state index in [0.717, 1.165) is 25.0 Å². The van der Waals surface area contributed by atoms with Gasteiger partial charge in [0.1, 0.15) is 17.7 Å². The van der Waals surface area contributed by atoms with Crippen LogP contribution in [-0.2, 0) is 4.79 Å². The lowest BCUT2D eigenvalue weighted by atomic mass is 9.95. The first kappa shape index (κ1) is 28.5. The Morgan fingerprint density at radius 2 is 1.76 bits per heavy atom. The van der Waals surface area contributed by atoms with Gasteiger partial charge in [0.2, 0.25) is 5.91 Å². The number of pyridine rings is 1. The molecule has 3 N–H and O–H groups in total.